The van der Waals surface area contributed by atoms with Gasteiger partial charge in [-0.1, -0.05) is 30.3 Å². The van der Waals surface area contributed by atoms with Gasteiger partial charge in [-0.2, -0.15) is 0 Å². The van der Waals surface area contributed by atoms with Gasteiger partial charge in [0.1, 0.15) is 0 Å². The van der Waals surface area contributed by atoms with Crippen LogP contribution in [-0.4, -0.2) is 19.7 Å². The van der Waals surface area contributed by atoms with Gasteiger partial charge in [0.05, 0.1) is 10.5 Å². The zero-order valence-electron chi connectivity index (χ0n) is 12.3. The first-order valence-corrected chi connectivity index (χ1v) is 8.69. The van der Waals surface area contributed by atoms with E-state index in [2.05, 4.69) is 4.98 Å². The third-order valence-electron chi connectivity index (χ3n) is 3.75. The van der Waals surface area contributed by atoms with Crippen LogP contribution in [-0.2, 0) is 9.84 Å². The largest absolute Gasteiger partial charge is 0.321 e. The third kappa shape index (κ3) is 2.44. The fraction of sp³-hybridized carbons (Fsp3) is 0.118. The van der Waals surface area contributed by atoms with Gasteiger partial charge in [0.15, 0.2) is 9.84 Å². The highest BCUT2D eigenvalue weighted by atomic mass is 32.2. The Morgan fingerprint density at radius 3 is 2.23 bits per heavy atom. The Balaban J connectivity index is 2.24. The summed E-state index contributed by atoms with van der Waals surface area (Å²) in [6, 6.07) is 14.0. The van der Waals surface area contributed by atoms with Crippen molar-refractivity contribution < 1.29 is 8.42 Å². The lowest BCUT2D eigenvalue weighted by atomic mass is 9.99. The molecule has 0 atom stereocenters. The van der Waals surface area contributed by atoms with Crippen molar-refractivity contribution in [2.45, 2.75) is 11.8 Å². The molecule has 0 amide bonds. The minimum absolute atomic E-state index is 0.177. The predicted octanol–water partition coefficient (Wildman–Crippen LogP) is 2.91. The number of hydrogen-bond acceptors (Lipinski definition) is 3. The van der Waals surface area contributed by atoms with Crippen molar-refractivity contribution in [1.82, 2.24) is 4.98 Å². The smallest absolute Gasteiger partial charge is 0.256 e. The lowest BCUT2D eigenvalue weighted by Crippen LogP contribution is -2.11. The van der Waals surface area contributed by atoms with E-state index in [4.69, 9.17) is 0 Å². The number of fused-ring (bicyclic) bond motifs is 1. The maximum absolute atomic E-state index is 12.4. The Morgan fingerprint density at radius 1 is 0.955 bits per heavy atom. The van der Waals surface area contributed by atoms with E-state index in [1.54, 1.807) is 12.1 Å². The van der Waals surface area contributed by atoms with Gasteiger partial charge in [-0.3, -0.25) is 4.79 Å². The Kier molecular flexibility index (Phi) is 3.37. The molecule has 22 heavy (non-hydrogen) atoms. The number of hydrogen-bond donors (Lipinski definition) is 1. The number of aromatic amines is 1. The van der Waals surface area contributed by atoms with Crippen molar-refractivity contribution in [3.8, 4) is 11.1 Å². The molecule has 3 aromatic rings. The monoisotopic (exact) mass is 313 g/mol. The van der Waals surface area contributed by atoms with Crippen LogP contribution in [0.2, 0.25) is 0 Å². The van der Waals surface area contributed by atoms with E-state index in [1.807, 2.05) is 31.2 Å². The molecule has 0 aliphatic heterocycles. The molecule has 1 heterocycles. The van der Waals surface area contributed by atoms with Crippen molar-refractivity contribution in [2.24, 2.45) is 0 Å². The maximum atomic E-state index is 12.4. The van der Waals surface area contributed by atoms with Gasteiger partial charge in [-0.05, 0) is 36.2 Å². The number of nitrogens with one attached hydrogen (secondary N) is 1. The van der Waals surface area contributed by atoms with Crippen LogP contribution in [0.3, 0.4) is 0 Å². The molecule has 0 saturated heterocycles. The molecule has 1 N–H and O–H groups in total. The second-order valence-electron chi connectivity index (χ2n) is 5.30. The molecule has 0 aliphatic carbocycles. The Hall–Kier alpha value is -2.40. The van der Waals surface area contributed by atoms with Gasteiger partial charge in [0.2, 0.25) is 0 Å². The average molecular weight is 313 g/mol. The van der Waals surface area contributed by atoms with Crippen LogP contribution >= 0.6 is 0 Å². The molecular weight excluding hydrogens is 298 g/mol. The molecule has 1 aromatic heterocycles. The number of rotatable bonds is 2. The molecule has 3 rings (SSSR count). The molecule has 112 valence electrons. The molecular formula is C17H15NO3S. The van der Waals surface area contributed by atoms with E-state index >= 15 is 0 Å². The SMILES string of the molecule is Cc1c(-c2ccc(S(C)(=O)=O)cc2)c(=O)[nH]c2ccccc12. The Morgan fingerprint density at radius 2 is 1.59 bits per heavy atom. The lowest BCUT2D eigenvalue weighted by molar-refractivity contribution is 0.602. The number of sulfone groups is 1. The fourth-order valence-corrected chi connectivity index (χ4v) is 3.26. The molecule has 0 spiro atoms. The number of para-hydroxylation sites is 1. The first kappa shape index (κ1) is 14.5. The predicted molar refractivity (Wildman–Crippen MR) is 87.9 cm³/mol. The van der Waals surface area contributed by atoms with Gasteiger partial charge in [-0.25, -0.2) is 8.42 Å². The van der Waals surface area contributed by atoms with Crippen molar-refractivity contribution in [3.63, 3.8) is 0 Å². The minimum atomic E-state index is -3.24. The molecule has 0 aliphatic rings. The molecule has 0 unspecified atom stereocenters. The zero-order valence-corrected chi connectivity index (χ0v) is 13.1. The second-order valence-corrected chi connectivity index (χ2v) is 7.31. The third-order valence-corrected chi connectivity index (χ3v) is 4.88. The summed E-state index contributed by atoms with van der Waals surface area (Å²) in [5.41, 5.74) is 2.77. The summed E-state index contributed by atoms with van der Waals surface area (Å²) in [5.74, 6) is 0. The number of pyridine rings is 1. The van der Waals surface area contributed by atoms with Crippen LogP contribution in [0.15, 0.2) is 58.2 Å². The van der Waals surface area contributed by atoms with E-state index in [0.717, 1.165) is 22.7 Å². The summed E-state index contributed by atoms with van der Waals surface area (Å²) >= 11 is 0. The normalized spacial score (nSPS) is 11.7. The van der Waals surface area contributed by atoms with Crippen molar-refractivity contribution in [1.29, 1.82) is 0 Å². The molecule has 0 saturated carbocycles. The second kappa shape index (κ2) is 5.10. The summed E-state index contributed by atoms with van der Waals surface area (Å²) in [5, 5.41) is 0.976. The summed E-state index contributed by atoms with van der Waals surface area (Å²) < 4.78 is 23.0. The molecule has 0 bridgehead atoms. The molecule has 0 fully saturated rings. The van der Waals surface area contributed by atoms with Gasteiger partial charge in [0.25, 0.3) is 5.56 Å². The summed E-state index contributed by atoms with van der Waals surface area (Å²) in [6.45, 7) is 1.90. The van der Waals surface area contributed by atoms with Crippen LogP contribution in [0.25, 0.3) is 22.0 Å². The van der Waals surface area contributed by atoms with Crippen molar-refractivity contribution >= 4 is 20.7 Å². The molecule has 4 nitrogen and oxygen atoms in total. The maximum Gasteiger partial charge on any atom is 0.256 e. The summed E-state index contributed by atoms with van der Waals surface area (Å²) in [7, 11) is -3.24. The fourth-order valence-electron chi connectivity index (χ4n) is 2.63. The zero-order chi connectivity index (χ0) is 15.9. The molecule has 5 heteroatoms. The summed E-state index contributed by atoms with van der Waals surface area (Å²) in [6.07, 6.45) is 1.16. The van der Waals surface area contributed by atoms with Crippen molar-refractivity contribution in [2.75, 3.05) is 6.26 Å². The van der Waals surface area contributed by atoms with Gasteiger partial charge < -0.3 is 4.98 Å². The Labute approximate surface area is 128 Å². The number of benzene rings is 2. The quantitative estimate of drug-likeness (QED) is 0.791. The van der Waals surface area contributed by atoms with Crippen LogP contribution < -0.4 is 5.56 Å². The van der Waals surface area contributed by atoms with E-state index in [-0.39, 0.29) is 10.5 Å². The molecule has 0 radical (unpaired) electrons. The standard InChI is InChI=1S/C17H15NO3S/c1-11-14-5-3-4-6-15(14)18-17(19)16(11)12-7-9-13(10-8-12)22(2,20)21/h3-10H,1-2H3,(H,18,19). The van der Waals surface area contributed by atoms with E-state index in [1.165, 1.54) is 12.1 Å². The van der Waals surface area contributed by atoms with Gasteiger partial charge >= 0.3 is 0 Å². The number of H-pyrrole nitrogens is 1. The highest BCUT2D eigenvalue weighted by Crippen LogP contribution is 2.26. The number of aryl methyl sites for hydroxylation is 1. The lowest BCUT2D eigenvalue weighted by Gasteiger charge is -2.09. The number of aromatic nitrogens is 1. The summed E-state index contributed by atoms with van der Waals surface area (Å²) in [4.78, 5) is 15.5. The van der Waals surface area contributed by atoms with E-state index < -0.39 is 9.84 Å². The van der Waals surface area contributed by atoms with E-state index in [0.29, 0.717) is 11.1 Å². The average Bonchev–Trinajstić information content (AvgIpc) is 2.47. The van der Waals surface area contributed by atoms with Gasteiger partial charge in [-0.15, -0.1) is 0 Å². The Bertz CT molecular complexity index is 1020. The van der Waals surface area contributed by atoms with Crippen LogP contribution in [0.1, 0.15) is 5.56 Å². The van der Waals surface area contributed by atoms with Crippen molar-refractivity contribution in [3.05, 3.63) is 64.4 Å². The topological polar surface area (TPSA) is 67.0 Å². The first-order chi connectivity index (χ1) is 10.4. The van der Waals surface area contributed by atoms with Crippen LogP contribution in [0.5, 0.6) is 0 Å². The minimum Gasteiger partial charge on any atom is -0.321 e. The van der Waals surface area contributed by atoms with Crippen LogP contribution in [0.4, 0.5) is 0 Å². The van der Waals surface area contributed by atoms with Gasteiger partial charge in [0, 0.05) is 17.2 Å². The highest BCUT2D eigenvalue weighted by molar-refractivity contribution is 7.90. The molecule has 2 aromatic carbocycles. The van der Waals surface area contributed by atoms with E-state index in [9.17, 15) is 13.2 Å². The highest BCUT2D eigenvalue weighted by Gasteiger charge is 2.12. The first-order valence-electron chi connectivity index (χ1n) is 6.80. The van der Waals surface area contributed by atoms with Crippen LogP contribution in [0, 0.1) is 6.92 Å².